The number of methoxy groups -OCH3 is 1. The minimum atomic E-state index is -0.873. The lowest BCUT2D eigenvalue weighted by atomic mass is 9.48. The molecule has 0 aliphatic heterocycles. The fourth-order valence-electron chi connectivity index (χ4n) is 7.89. The summed E-state index contributed by atoms with van der Waals surface area (Å²) in [6.45, 7) is 14.7. The number of carboxylic acids is 1. The number of hydrogen-bond acceptors (Lipinski definition) is 5. The van der Waals surface area contributed by atoms with E-state index in [1.807, 2.05) is 13.0 Å². The minimum Gasteiger partial charge on any atom is -0.481 e. The first-order valence-corrected chi connectivity index (χ1v) is 13.6. The van der Waals surface area contributed by atoms with E-state index in [2.05, 4.69) is 46.4 Å². The molecule has 0 bridgehead atoms. The Kier molecular flexibility index (Phi) is 8.65. The molecule has 206 valence electrons. The van der Waals surface area contributed by atoms with Crippen molar-refractivity contribution in [1.82, 2.24) is 0 Å². The summed E-state index contributed by atoms with van der Waals surface area (Å²) in [5, 5.41) is 31.0. The van der Waals surface area contributed by atoms with Gasteiger partial charge in [-0.2, -0.15) is 0 Å². The molecule has 0 heterocycles. The second kappa shape index (κ2) is 10.9. The molecule has 0 saturated heterocycles. The van der Waals surface area contributed by atoms with Gasteiger partial charge in [0.25, 0.3) is 0 Å². The minimum absolute atomic E-state index is 0.0404. The number of carbonyl (C=O) groups is 2. The molecule has 6 nitrogen and oxygen atoms in total. The molecule has 37 heavy (non-hydrogen) atoms. The topological polar surface area (TPSA) is 104 Å². The van der Waals surface area contributed by atoms with Crippen LogP contribution >= 0.6 is 0 Å². The lowest BCUT2D eigenvalue weighted by Gasteiger charge is -2.56. The van der Waals surface area contributed by atoms with Crippen LogP contribution in [0.15, 0.2) is 47.1 Å². The van der Waals surface area contributed by atoms with Gasteiger partial charge in [-0.05, 0) is 80.3 Å². The molecule has 0 spiro atoms. The van der Waals surface area contributed by atoms with Gasteiger partial charge in [0.15, 0.2) is 0 Å². The van der Waals surface area contributed by atoms with E-state index in [4.69, 9.17) is 4.74 Å². The molecule has 0 amide bonds. The van der Waals surface area contributed by atoms with E-state index in [1.165, 1.54) is 18.3 Å². The van der Waals surface area contributed by atoms with Gasteiger partial charge in [0.2, 0.25) is 0 Å². The average molecular weight is 515 g/mol. The molecule has 0 aromatic carbocycles. The summed E-state index contributed by atoms with van der Waals surface area (Å²) < 4.78 is 4.95. The Morgan fingerprint density at radius 3 is 2.46 bits per heavy atom. The zero-order chi connectivity index (χ0) is 27.8. The van der Waals surface area contributed by atoms with E-state index in [0.29, 0.717) is 38.5 Å². The second-order valence-electron chi connectivity index (χ2n) is 12.3. The highest BCUT2D eigenvalue weighted by Crippen LogP contribution is 2.70. The Hall–Kier alpha value is -2.18. The van der Waals surface area contributed by atoms with Crippen LogP contribution in [0.1, 0.15) is 79.6 Å². The number of aliphatic hydroxyl groups excluding tert-OH is 2. The molecule has 7 unspecified atom stereocenters. The summed E-state index contributed by atoms with van der Waals surface area (Å²) in [5.41, 5.74) is 3.21. The smallest absolute Gasteiger partial charge is 0.306 e. The molecular weight excluding hydrogens is 468 g/mol. The summed E-state index contributed by atoms with van der Waals surface area (Å²) in [7, 11) is 1.42. The number of rotatable bonds is 10. The van der Waals surface area contributed by atoms with Crippen LogP contribution in [0.3, 0.4) is 0 Å². The third-order valence-corrected chi connectivity index (χ3v) is 10.2. The van der Waals surface area contributed by atoms with Crippen LogP contribution in [0.5, 0.6) is 0 Å². The van der Waals surface area contributed by atoms with Crippen molar-refractivity contribution in [2.24, 2.45) is 34.0 Å². The van der Waals surface area contributed by atoms with Crippen molar-refractivity contribution in [3.8, 4) is 0 Å². The van der Waals surface area contributed by atoms with Crippen LogP contribution in [0.4, 0.5) is 0 Å². The number of allylic oxidation sites excluding steroid dienone is 6. The van der Waals surface area contributed by atoms with Gasteiger partial charge in [0.05, 0.1) is 25.7 Å². The summed E-state index contributed by atoms with van der Waals surface area (Å²) in [6.07, 6.45) is 9.65. The third-order valence-electron chi connectivity index (χ3n) is 10.2. The SMILES string of the molecule is C=C(C)C1CC=C2C(=CCC3(C)C(C(CCC=C(C)CO)C(=O)O)C(O)CC23C)C1(C)CCC(=O)OC. The molecule has 3 aliphatic rings. The van der Waals surface area contributed by atoms with Crippen LogP contribution in [0.25, 0.3) is 0 Å². The highest BCUT2D eigenvalue weighted by Gasteiger charge is 2.65. The van der Waals surface area contributed by atoms with Crippen LogP contribution in [-0.2, 0) is 14.3 Å². The third kappa shape index (κ3) is 4.99. The monoisotopic (exact) mass is 514 g/mol. The van der Waals surface area contributed by atoms with Crippen LogP contribution in [0.2, 0.25) is 0 Å². The van der Waals surface area contributed by atoms with Crippen molar-refractivity contribution >= 4 is 11.9 Å². The van der Waals surface area contributed by atoms with Gasteiger partial charge >= 0.3 is 11.9 Å². The van der Waals surface area contributed by atoms with E-state index in [1.54, 1.807) is 0 Å². The van der Waals surface area contributed by atoms with Crippen molar-refractivity contribution in [2.75, 3.05) is 13.7 Å². The van der Waals surface area contributed by atoms with Crippen molar-refractivity contribution < 1.29 is 29.6 Å². The molecule has 0 radical (unpaired) electrons. The van der Waals surface area contributed by atoms with E-state index in [0.717, 1.165) is 17.6 Å². The molecule has 0 aromatic rings. The number of hydrogen-bond donors (Lipinski definition) is 3. The summed E-state index contributed by atoms with van der Waals surface area (Å²) in [5.74, 6) is -1.98. The summed E-state index contributed by atoms with van der Waals surface area (Å²) in [6, 6.07) is 0. The molecule has 3 rings (SSSR count). The quantitative estimate of drug-likeness (QED) is 0.259. The zero-order valence-electron chi connectivity index (χ0n) is 23.5. The summed E-state index contributed by atoms with van der Waals surface area (Å²) >= 11 is 0. The maximum absolute atomic E-state index is 12.5. The number of esters is 1. The van der Waals surface area contributed by atoms with E-state index >= 15 is 0 Å². The maximum atomic E-state index is 12.5. The van der Waals surface area contributed by atoms with Crippen LogP contribution in [0, 0.1) is 34.0 Å². The van der Waals surface area contributed by atoms with Crippen molar-refractivity contribution in [3.63, 3.8) is 0 Å². The Labute approximate surface area is 222 Å². The number of fused-ring (bicyclic) bond motifs is 3. The van der Waals surface area contributed by atoms with Crippen molar-refractivity contribution in [1.29, 1.82) is 0 Å². The standard InChI is InChI=1S/C31H46O6/c1-19(2)22-11-12-24-23(29(22,4)15-14-26(34)37-7)13-16-30(5)27(25(33)17-31(24,30)6)21(28(35)36)10-8-9-20(3)18-32/h9,12-13,21-22,25,27,32-33H,1,8,10-11,14-18H2,2-7H3,(H,35,36). The van der Waals surface area contributed by atoms with Gasteiger partial charge in [0, 0.05) is 17.8 Å². The predicted octanol–water partition coefficient (Wildman–Crippen LogP) is 5.61. The average Bonchev–Trinajstić information content (AvgIpc) is 3.05. The van der Waals surface area contributed by atoms with E-state index < -0.39 is 34.7 Å². The van der Waals surface area contributed by atoms with Crippen molar-refractivity contribution in [2.45, 2.75) is 85.7 Å². The molecular formula is C31H46O6. The Morgan fingerprint density at radius 2 is 1.89 bits per heavy atom. The molecule has 3 aliphatic carbocycles. The first-order chi connectivity index (χ1) is 17.3. The van der Waals surface area contributed by atoms with E-state index in [-0.39, 0.29) is 23.9 Å². The largest absolute Gasteiger partial charge is 0.481 e. The molecule has 1 fully saturated rings. The molecule has 1 saturated carbocycles. The number of ether oxygens (including phenoxy) is 1. The van der Waals surface area contributed by atoms with Gasteiger partial charge in [-0.25, -0.2) is 0 Å². The number of carboxylic acid groups (broad SMARTS) is 1. The normalized spacial score (nSPS) is 36.1. The molecule has 7 atom stereocenters. The van der Waals surface area contributed by atoms with Crippen LogP contribution in [-0.4, -0.2) is 47.1 Å². The highest BCUT2D eigenvalue weighted by atomic mass is 16.5. The number of aliphatic carboxylic acids is 1. The Morgan fingerprint density at radius 1 is 1.22 bits per heavy atom. The van der Waals surface area contributed by atoms with Crippen molar-refractivity contribution in [3.05, 3.63) is 47.1 Å². The lowest BCUT2D eigenvalue weighted by Crippen LogP contribution is -2.48. The summed E-state index contributed by atoms with van der Waals surface area (Å²) in [4.78, 5) is 24.6. The van der Waals surface area contributed by atoms with Crippen LogP contribution < -0.4 is 0 Å². The number of carbonyl (C=O) groups excluding carboxylic acids is 1. The molecule has 6 heteroatoms. The van der Waals surface area contributed by atoms with Gasteiger partial charge in [-0.3, -0.25) is 9.59 Å². The van der Waals surface area contributed by atoms with Gasteiger partial charge in [-0.1, -0.05) is 56.7 Å². The van der Waals surface area contributed by atoms with E-state index in [9.17, 15) is 24.9 Å². The fourth-order valence-corrected chi connectivity index (χ4v) is 7.89. The number of aliphatic hydroxyl groups is 2. The maximum Gasteiger partial charge on any atom is 0.306 e. The van der Waals surface area contributed by atoms with Gasteiger partial charge < -0.3 is 20.1 Å². The van der Waals surface area contributed by atoms with Gasteiger partial charge in [-0.15, -0.1) is 0 Å². The first kappa shape index (κ1) is 29.4. The molecule has 0 aromatic heterocycles. The predicted molar refractivity (Wildman–Crippen MR) is 145 cm³/mol. The zero-order valence-corrected chi connectivity index (χ0v) is 23.5. The first-order valence-electron chi connectivity index (χ1n) is 13.6. The fraction of sp³-hybridized carbons (Fsp3) is 0.677. The lowest BCUT2D eigenvalue weighted by molar-refractivity contribution is -0.148. The Bertz CT molecular complexity index is 1020. The second-order valence-corrected chi connectivity index (χ2v) is 12.3. The Balaban J connectivity index is 2.03. The van der Waals surface area contributed by atoms with Gasteiger partial charge in [0.1, 0.15) is 0 Å². The molecule has 3 N–H and O–H groups in total. The highest BCUT2D eigenvalue weighted by molar-refractivity contribution is 5.71.